The Bertz CT molecular complexity index is 320. The van der Waals surface area contributed by atoms with E-state index < -0.39 is 0 Å². The third-order valence-electron chi connectivity index (χ3n) is 2.64. The Morgan fingerprint density at radius 1 is 1.36 bits per heavy atom. The van der Waals surface area contributed by atoms with Gasteiger partial charge >= 0.3 is 0 Å². The first-order chi connectivity index (χ1) is 6.81. The lowest BCUT2D eigenvalue weighted by atomic mass is 10.1. The molecule has 0 amide bonds. The molecule has 1 aliphatic carbocycles. The standard InChI is InChI=1S/C11H13BrOS/c12-7-9(13)11-6-8-4-2-1-3-5-10(8)14-11/h6H,1-5,7H2. The van der Waals surface area contributed by atoms with Crippen molar-refractivity contribution in [1.29, 1.82) is 0 Å². The summed E-state index contributed by atoms with van der Waals surface area (Å²) in [7, 11) is 0. The molecule has 14 heavy (non-hydrogen) atoms. The number of fused-ring (bicyclic) bond motifs is 1. The Balaban J connectivity index is 2.26. The third kappa shape index (κ3) is 2.09. The Hall–Kier alpha value is -0.150. The summed E-state index contributed by atoms with van der Waals surface area (Å²) < 4.78 is 0. The lowest BCUT2D eigenvalue weighted by molar-refractivity contribution is 0.102. The van der Waals surface area contributed by atoms with Crippen LogP contribution in [0.1, 0.15) is 39.4 Å². The van der Waals surface area contributed by atoms with E-state index in [1.165, 1.54) is 42.5 Å². The molecule has 1 nitrogen and oxygen atoms in total. The van der Waals surface area contributed by atoms with Crippen molar-refractivity contribution in [2.45, 2.75) is 32.1 Å². The van der Waals surface area contributed by atoms with Crippen LogP contribution in [0.3, 0.4) is 0 Å². The van der Waals surface area contributed by atoms with Crippen LogP contribution in [0.15, 0.2) is 6.07 Å². The first-order valence-corrected chi connectivity index (χ1v) is 6.96. The van der Waals surface area contributed by atoms with E-state index in [0.29, 0.717) is 5.33 Å². The molecule has 0 saturated heterocycles. The van der Waals surface area contributed by atoms with Gasteiger partial charge in [-0.1, -0.05) is 22.4 Å². The Morgan fingerprint density at radius 3 is 2.93 bits per heavy atom. The molecule has 3 heteroatoms. The molecule has 1 aromatic rings. The summed E-state index contributed by atoms with van der Waals surface area (Å²) in [5.41, 5.74) is 1.43. The summed E-state index contributed by atoms with van der Waals surface area (Å²) in [6, 6.07) is 2.11. The summed E-state index contributed by atoms with van der Waals surface area (Å²) in [4.78, 5) is 13.9. The minimum absolute atomic E-state index is 0.225. The van der Waals surface area contributed by atoms with E-state index >= 15 is 0 Å². The largest absolute Gasteiger partial charge is 0.292 e. The van der Waals surface area contributed by atoms with Gasteiger partial charge in [0.05, 0.1) is 10.2 Å². The average Bonchev–Trinajstić information content (AvgIpc) is 2.49. The second-order valence-corrected chi connectivity index (χ2v) is 5.37. The van der Waals surface area contributed by atoms with Gasteiger partial charge in [-0.25, -0.2) is 0 Å². The van der Waals surface area contributed by atoms with E-state index in [0.717, 1.165) is 4.88 Å². The second kappa shape index (κ2) is 4.58. The lowest BCUT2D eigenvalue weighted by Crippen LogP contribution is -1.95. The van der Waals surface area contributed by atoms with E-state index in [2.05, 4.69) is 22.0 Å². The van der Waals surface area contributed by atoms with E-state index in [9.17, 15) is 4.79 Å². The fourth-order valence-electron chi connectivity index (χ4n) is 1.87. The van der Waals surface area contributed by atoms with Crippen molar-refractivity contribution in [2.24, 2.45) is 0 Å². The van der Waals surface area contributed by atoms with Crippen molar-refractivity contribution in [3.05, 3.63) is 21.4 Å². The average molecular weight is 273 g/mol. The fourth-order valence-corrected chi connectivity index (χ4v) is 3.55. The molecule has 76 valence electrons. The van der Waals surface area contributed by atoms with Crippen LogP contribution in [0.5, 0.6) is 0 Å². The van der Waals surface area contributed by atoms with Crippen molar-refractivity contribution < 1.29 is 4.79 Å². The van der Waals surface area contributed by atoms with Gasteiger partial charge in [-0.15, -0.1) is 11.3 Å². The first-order valence-electron chi connectivity index (χ1n) is 5.02. The third-order valence-corrected chi connectivity index (χ3v) is 4.43. The number of halogens is 1. The molecule has 1 aromatic heterocycles. The number of carbonyl (C=O) groups is 1. The van der Waals surface area contributed by atoms with Gasteiger partial charge in [-0.3, -0.25) is 4.79 Å². The van der Waals surface area contributed by atoms with Gasteiger partial charge in [-0.05, 0) is 37.3 Å². The highest BCUT2D eigenvalue weighted by Gasteiger charge is 2.15. The number of ketones is 1. The number of hydrogen-bond acceptors (Lipinski definition) is 2. The molecule has 1 heterocycles. The van der Waals surface area contributed by atoms with Crippen molar-refractivity contribution in [3.8, 4) is 0 Å². The molecular formula is C11H13BrOS. The second-order valence-electron chi connectivity index (χ2n) is 3.68. The summed E-state index contributed by atoms with van der Waals surface area (Å²) >= 11 is 4.92. The van der Waals surface area contributed by atoms with Crippen LogP contribution in [0.2, 0.25) is 0 Å². The molecule has 0 bridgehead atoms. The molecular weight excluding hydrogens is 260 g/mol. The van der Waals surface area contributed by atoms with Gasteiger partial charge in [0.2, 0.25) is 0 Å². The number of hydrogen-bond donors (Lipinski definition) is 0. The van der Waals surface area contributed by atoms with Crippen LogP contribution < -0.4 is 0 Å². The van der Waals surface area contributed by atoms with Crippen LogP contribution in [-0.2, 0) is 12.8 Å². The minimum atomic E-state index is 0.225. The molecule has 0 fully saturated rings. The predicted molar refractivity (Wildman–Crippen MR) is 63.7 cm³/mol. The summed E-state index contributed by atoms with van der Waals surface area (Å²) in [5.74, 6) is 0.225. The Labute approximate surface area is 96.6 Å². The van der Waals surface area contributed by atoms with Gasteiger partial charge in [0.15, 0.2) is 5.78 Å². The zero-order valence-corrected chi connectivity index (χ0v) is 10.4. The number of alkyl halides is 1. The number of carbonyl (C=O) groups excluding carboxylic acids is 1. The van der Waals surface area contributed by atoms with E-state index in [-0.39, 0.29) is 5.78 Å². The van der Waals surface area contributed by atoms with E-state index in [1.54, 1.807) is 11.3 Å². The molecule has 2 rings (SSSR count). The number of thiophene rings is 1. The zero-order chi connectivity index (χ0) is 9.97. The molecule has 0 N–H and O–H groups in total. The Kier molecular flexibility index (Phi) is 3.39. The molecule has 0 atom stereocenters. The van der Waals surface area contributed by atoms with Crippen molar-refractivity contribution in [1.82, 2.24) is 0 Å². The summed E-state index contributed by atoms with van der Waals surface area (Å²) in [5, 5.41) is 0.451. The van der Waals surface area contributed by atoms with Gasteiger partial charge in [0.1, 0.15) is 0 Å². The highest BCUT2D eigenvalue weighted by Crippen LogP contribution is 2.29. The van der Waals surface area contributed by atoms with E-state index in [4.69, 9.17) is 0 Å². The summed E-state index contributed by atoms with van der Waals surface area (Å²) in [6.45, 7) is 0. The summed E-state index contributed by atoms with van der Waals surface area (Å²) in [6.07, 6.45) is 6.25. The maximum atomic E-state index is 11.5. The van der Waals surface area contributed by atoms with E-state index in [1.807, 2.05) is 0 Å². The zero-order valence-electron chi connectivity index (χ0n) is 8.01. The van der Waals surface area contributed by atoms with Crippen molar-refractivity contribution in [3.63, 3.8) is 0 Å². The number of Topliss-reactive ketones (excluding diaryl/α,β-unsaturated/α-hetero) is 1. The van der Waals surface area contributed by atoms with Crippen molar-refractivity contribution in [2.75, 3.05) is 5.33 Å². The Morgan fingerprint density at radius 2 is 2.14 bits per heavy atom. The highest BCUT2D eigenvalue weighted by atomic mass is 79.9. The molecule has 1 aliphatic rings. The molecule has 0 radical (unpaired) electrons. The van der Waals surface area contributed by atoms with Gasteiger partial charge < -0.3 is 0 Å². The van der Waals surface area contributed by atoms with Crippen LogP contribution in [0.25, 0.3) is 0 Å². The quantitative estimate of drug-likeness (QED) is 0.457. The maximum Gasteiger partial charge on any atom is 0.183 e. The molecule has 0 spiro atoms. The van der Waals surface area contributed by atoms with Gasteiger partial charge in [-0.2, -0.15) is 0 Å². The highest BCUT2D eigenvalue weighted by molar-refractivity contribution is 9.09. The lowest BCUT2D eigenvalue weighted by Gasteiger charge is -1.92. The van der Waals surface area contributed by atoms with Gasteiger partial charge in [0, 0.05) is 4.88 Å². The van der Waals surface area contributed by atoms with Crippen molar-refractivity contribution >= 4 is 33.0 Å². The first kappa shape index (κ1) is 10.4. The molecule has 0 saturated carbocycles. The van der Waals surface area contributed by atoms with Crippen LogP contribution in [0.4, 0.5) is 0 Å². The normalized spacial score (nSPS) is 16.1. The van der Waals surface area contributed by atoms with Crippen LogP contribution in [-0.4, -0.2) is 11.1 Å². The van der Waals surface area contributed by atoms with Crippen LogP contribution in [0, 0.1) is 0 Å². The van der Waals surface area contributed by atoms with Gasteiger partial charge in [0.25, 0.3) is 0 Å². The molecule has 0 unspecified atom stereocenters. The monoisotopic (exact) mass is 272 g/mol. The smallest absolute Gasteiger partial charge is 0.183 e. The van der Waals surface area contributed by atoms with Crippen LogP contribution >= 0.6 is 27.3 Å². The molecule has 0 aliphatic heterocycles. The fraction of sp³-hybridized carbons (Fsp3) is 0.545. The number of rotatable bonds is 2. The SMILES string of the molecule is O=C(CBr)c1cc2c(s1)CCCCC2. The maximum absolute atomic E-state index is 11.5. The minimum Gasteiger partial charge on any atom is -0.292 e. The topological polar surface area (TPSA) is 17.1 Å². The number of aryl methyl sites for hydroxylation is 2. The molecule has 0 aromatic carbocycles. The predicted octanol–water partition coefficient (Wildman–Crippen LogP) is 3.59.